The summed E-state index contributed by atoms with van der Waals surface area (Å²) in [4.78, 5) is 24.2. The zero-order chi connectivity index (χ0) is 16.0. The van der Waals surface area contributed by atoms with Crippen molar-refractivity contribution in [2.75, 3.05) is 31.1 Å². The molecule has 0 saturated carbocycles. The molecule has 0 aromatic heterocycles. The topological polar surface area (TPSA) is 104 Å². The molecular formula is C13H24N2O5S. The molecule has 1 rings (SSSR count). The first-order chi connectivity index (χ1) is 9.69. The summed E-state index contributed by atoms with van der Waals surface area (Å²) in [7, 11) is -3.01. The van der Waals surface area contributed by atoms with Crippen LogP contribution in [0.2, 0.25) is 0 Å². The number of urea groups is 1. The van der Waals surface area contributed by atoms with Crippen molar-refractivity contribution in [2.45, 2.75) is 26.7 Å². The highest BCUT2D eigenvalue weighted by Crippen LogP contribution is 2.15. The van der Waals surface area contributed by atoms with Crippen LogP contribution in [0.25, 0.3) is 0 Å². The predicted molar refractivity (Wildman–Crippen MR) is 78.8 cm³/mol. The third-order valence-electron chi connectivity index (χ3n) is 3.44. The SMILES string of the molecule is CC(C)CC(CNC(=O)N1CCS(=O)(=O)CC1)CC(=O)O. The van der Waals surface area contributed by atoms with Crippen LogP contribution in [-0.2, 0) is 14.6 Å². The summed E-state index contributed by atoms with van der Waals surface area (Å²) in [5.74, 6) is -0.652. The van der Waals surface area contributed by atoms with Crippen LogP contribution in [0.3, 0.4) is 0 Å². The number of aliphatic carboxylic acids is 1. The van der Waals surface area contributed by atoms with Crippen LogP contribution in [0, 0.1) is 11.8 Å². The number of nitrogens with one attached hydrogen (secondary N) is 1. The van der Waals surface area contributed by atoms with Crippen molar-refractivity contribution >= 4 is 21.8 Å². The van der Waals surface area contributed by atoms with Gasteiger partial charge in [-0.15, -0.1) is 0 Å². The molecule has 1 aliphatic rings. The number of hydrogen-bond donors (Lipinski definition) is 2. The molecule has 0 aliphatic carbocycles. The van der Waals surface area contributed by atoms with Gasteiger partial charge < -0.3 is 15.3 Å². The summed E-state index contributed by atoms with van der Waals surface area (Å²) in [5.41, 5.74) is 0. The number of hydrogen-bond acceptors (Lipinski definition) is 4. The lowest BCUT2D eigenvalue weighted by molar-refractivity contribution is -0.138. The molecule has 0 bridgehead atoms. The summed E-state index contributed by atoms with van der Waals surface area (Å²) >= 11 is 0. The van der Waals surface area contributed by atoms with Gasteiger partial charge in [0.1, 0.15) is 0 Å². The number of rotatable bonds is 6. The Kier molecular flexibility index (Phi) is 6.44. The van der Waals surface area contributed by atoms with Gasteiger partial charge in [0.05, 0.1) is 11.5 Å². The molecule has 21 heavy (non-hydrogen) atoms. The van der Waals surface area contributed by atoms with Gasteiger partial charge in [-0.1, -0.05) is 13.8 Å². The fourth-order valence-electron chi connectivity index (χ4n) is 2.41. The molecule has 8 heteroatoms. The van der Waals surface area contributed by atoms with E-state index in [0.717, 1.165) is 6.42 Å². The molecule has 1 saturated heterocycles. The largest absolute Gasteiger partial charge is 0.481 e. The van der Waals surface area contributed by atoms with Gasteiger partial charge in [0, 0.05) is 26.1 Å². The van der Waals surface area contributed by atoms with E-state index in [1.165, 1.54) is 4.90 Å². The van der Waals surface area contributed by atoms with E-state index in [9.17, 15) is 18.0 Å². The standard InChI is InChI=1S/C13H24N2O5S/c1-10(2)7-11(8-12(16)17)9-14-13(18)15-3-5-21(19,20)6-4-15/h10-11H,3-9H2,1-2H3,(H,14,18)(H,16,17). The quantitative estimate of drug-likeness (QED) is 0.744. The molecule has 0 aromatic rings. The van der Waals surface area contributed by atoms with E-state index in [0.29, 0.717) is 12.5 Å². The van der Waals surface area contributed by atoms with E-state index in [4.69, 9.17) is 5.11 Å². The van der Waals surface area contributed by atoms with Crippen LogP contribution in [0.15, 0.2) is 0 Å². The lowest BCUT2D eigenvalue weighted by Crippen LogP contribution is -2.49. The van der Waals surface area contributed by atoms with Crippen LogP contribution in [0.4, 0.5) is 4.79 Å². The third kappa shape index (κ3) is 6.79. The van der Waals surface area contributed by atoms with Crippen LogP contribution in [0.1, 0.15) is 26.7 Å². The fourth-order valence-corrected chi connectivity index (χ4v) is 3.61. The molecule has 122 valence electrons. The summed E-state index contributed by atoms with van der Waals surface area (Å²) in [6.07, 6.45) is 0.744. The summed E-state index contributed by atoms with van der Waals surface area (Å²) < 4.78 is 22.6. The maximum atomic E-state index is 12.0. The molecular weight excluding hydrogens is 296 g/mol. The van der Waals surface area contributed by atoms with Gasteiger partial charge >= 0.3 is 12.0 Å². The zero-order valence-electron chi connectivity index (χ0n) is 12.5. The van der Waals surface area contributed by atoms with E-state index < -0.39 is 15.8 Å². The van der Waals surface area contributed by atoms with Crippen LogP contribution in [0.5, 0.6) is 0 Å². The number of sulfone groups is 1. The predicted octanol–water partition coefficient (Wildman–Crippen LogP) is 0.563. The van der Waals surface area contributed by atoms with Crippen molar-refractivity contribution in [3.63, 3.8) is 0 Å². The van der Waals surface area contributed by atoms with Gasteiger partial charge in [0.15, 0.2) is 9.84 Å². The van der Waals surface area contributed by atoms with E-state index >= 15 is 0 Å². The summed E-state index contributed by atoms with van der Waals surface area (Å²) in [5, 5.41) is 11.6. The molecule has 7 nitrogen and oxygen atoms in total. The average Bonchev–Trinajstić information content (AvgIpc) is 2.34. The first-order valence-electron chi connectivity index (χ1n) is 7.14. The Morgan fingerprint density at radius 3 is 2.29 bits per heavy atom. The average molecular weight is 320 g/mol. The number of carbonyl (C=O) groups is 2. The van der Waals surface area contributed by atoms with Crippen molar-refractivity contribution < 1.29 is 23.1 Å². The monoisotopic (exact) mass is 320 g/mol. The minimum Gasteiger partial charge on any atom is -0.481 e. The third-order valence-corrected chi connectivity index (χ3v) is 5.05. The minimum atomic E-state index is -3.01. The van der Waals surface area contributed by atoms with Gasteiger partial charge in [-0.2, -0.15) is 0 Å². The second-order valence-corrected chi connectivity index (χ2v) is 8.22. The van der Waals surface area contributed by atoms with Crippen molar-refractivity contribution in [1.82, 2.24) is 10.2 Å². The molecule has 0 aromatic carbocycles. The Bertz CT molecular complexity index is 461. The number of nitrogens with zero attached hydrogens (tertiary/aromatic N) is 1. The van der Waals surface area contributed by atoms with Gasteiger partial charge in [0.25, 0.3) is 0 Å². The van der Waals surface area contributed by atoms with Gasteiger partial charge in [-0.3, -0.25) is 4.79 Å². The Balaban J connectivity index is 2.44. The Hall–Kier alpha value is -1.31. The molecule has 0 spiro atoms. The number of carboxylic acids is 1. The van der Waals surface area contributed by atoms with Gasteiger partial charge in [-0.05, 0) is 18.3 Å². The molecule has 1 heterocycles. The van der Waals surface area contributed by atoms with Crippen molar-refractivity contribution in [2.24, 2.45) is 11.8 Å². The second-order valence-electron chi connectivity index (χ2n) is 5.92. The fraction of sp³-hybridized carbons (Fsp3) is 0.846. The first-order valence-corrected chi connectivity index (χ1v) is 8.96. The number of carboxylic acid groups (broad SMARTS) is 1. The second kappa shape index (κ2) is 7.63. The van der Waals surface area contributed by atoms with E-state index in [2.05, 4.69) is 5.32 Å². The zero-order valence-corrected chi connectivity index (χ0v) is 13.4. The van der Waals surface area contributed by atoms with Crippen LogP contribution < -0.4 is 5.32 Å². The maximum absolute atomic E-state index is 12.0. The van der Waals surface area contributed by atoms with Crippen molar-refractivity contribution in [3.05, 3.63) is 0 Å². The molecule has 1 unspecified atom stereocenters. The van der Waals surface area contributed by atoms with E-state index in [-0.39, 0.29) is 43.0 Å². The normalized spacial score (nSPS) is 19.3. The van der Waals surface area contributed by atoms with Crippen LogP contribution >= 0.6 is 0 Å². The molecule has 1 aliphatic heterocycles. The molecule has 1 fully saturated rings. The molecule has 2 amide bonds. The highest BCUT2D eigenvalue weighted by molar-refractivity contribution is 7.91. The first kappa shape index (κ1) is 17.7. The summed E-state index contributed by atoms with van der Waals surface area (Å²) in [6, 6.07) is -0.316. The Morgan fingerprint density at radius 2 is 1.81 bits per heavy atom. The molecule has 1 atom stereocenters. The summed E-state index contributed by atoms with van der Waals surface area (Å²) in [6.45, 7) is 4.70. The van der Waals surface area contributed by atoms with Crippen molar-refractivity contribution in [1.29, 1.82) is 0 Å². The highest BCUT2D eigenvalue weighted by Gasteiger charge is 2.25. The smallest absolute Gasteiger partial charge is 0.317 e. The van der Waals surface area contributed by atoms with Crippen LogP contribution in [-0.4, -0.2) is 61.6 Å². The molecule has 0 radical (unpaired) electrons. The Morgan fingerprint density at radius 1 is 1.24 bits per heavy atom. The van der Waals surface area contributed by atoms with Crippen molar-refractivity contribution in [3.8, 4) is 0 Å². The van der Waals surface area contributed by atoms with E-state index in [1.54, 1.807) is 0 Å². The molecule has 2 N–H and O–H groups in total. The highest BCUT2D eigenvalue weighted by atomic mass is 32.2. The number of amides is 2. The maximum Gasteiger partial charge on any atom is 0.317 e. The lowest BCUT2D eigenvalue weighted by atomic mass is 9.94. The minimum absolute atomic E-state index is 0.00896. The van der Waals surface area contributed by atoms with Gasteiger partial charge in [0.2, 0.25) is 0 Å². The van der Waals surface area contributed by atoms with E-state index in [1.807, 2.05) is 13.8 Å². The van der Waals surface area contributed by atoms with Gasteiger partial charge in [-0.25, -0.2) is 13.2 Å². The lowest BCUT2D eigenvalue weighted by Gasteiger charge is -2.28. The number of carbonyl (C=O) groups excluding carboxylic acids is 1. The Labute approximate surface area is 125 Å².